The Morgan fingerprint density at radius 3 is 2.76 bits per heavy atom. The summed E-state index contributed by atoms with van der Waals surface area (Å²) < 4.78 is 29.3. The van der Waals surface area contributed by atoms with E-state index in [1.165, 1.54) is 17.1 Å². The normalized spacial score (nSPS) is 11.6. The van der Waals surface area contributed by atoms with Gasteiger partial charge in [-0.15, -0.1) is 0 Å². The van der Waals surface area contributed by atoms with Crippen molar-refractivity contribution < 1.29 is 18.3 Å². The van der Waals surface area contributed by atoms with Gasteiger partial charge < -0.3 is 5.11 Å². The zero-order valence-electron chi connectivity index (χ0n) is 11.1. The first kappa shape index (κ1) is 15.2. The van der Waals surface area contributed by atoms with Crippen molar-refractivity contribution in [3.8, 4) is 0 Å². The van der Waals surface area contributed by atoms with Crippen LogP contribution in [0, 0.1) is 0 Å². The molecule has 0 radical (unpaired) electrons. The number of carboxylic acids is 1. The fourth-order valence-electron chi connectivity index (χ4n) is 1.63. The molecule has 0 aliphatic heterocycles. The molecule has 0 atom stereocenters. The number of aromatic nitrogens is 4. The maximum atomic E-state index is 12.0. The molecule has 0 aromatic carbocycles. The molecule has 0 aliphatic carbocycles. The summed E-state index contributed by atoms with van der Waals surface area (Å²) in [7, 11) is -3.65. The summed E-state index contributed by atoms with van der Waals surface area (Å²) in [6, 6.07) is 1.75. The molecule has 0 bridgehead atoms. The SMILES string of the molecule is O=C(O)CCn1cc(S(=O)(=O)NCCn2cccn2)cn1. The van der Waals surface area contributed by atoms with Gasteiger partial charge >= 0.3 is 5.97 Å². The third-order valence-corrected chi connectivity index (χ3v) is 4.08. The first-order valence-electron chi connectivity index (χ1n) is 6.19. The third-order valence-electron chi connectivity index (χ3n) is 2.67. The van der Waals surface area contributed by atoms with E-state index in [0.717, 1.165) is 0 Å². The number of aliphatic carboxylic acids is 1. The van der Waals surface area contributed by atoms with Gasteiger partial charge in [0.1, 0.15) is 4.90 Å². The average molecular weight is 313 g/mol. The van der Waals surface area contributed by atoms with Crippen molar-refractivity contribution in [2.45, 2.75) is 24.4 Å². The number of hydrogen-bond donors (Lipinski definition) is 2. The minimum Gasteiger partial charge on any atom is -0.481 e. The van der Waals surface area contributed by atoms with Crippen molar-refractivity contribution in [2.75, 3.05) is 6.54 Å². The third kappa shape index (κ3) is 4.39. The fourth-order valence-corrected chi connectivity index (χ4v) is 2.60. The Bertz CT molecular complexity index is 692. The van der Waals surface area contributed by atoms with Gasteiger partial charge in [-0.05, 0) is 6.07 Å². The molecule has 0 spiro atoms. The van der Waals surface area contributed by atoms with Crippen LogP contribution in [-0.2, 0) is 27.9 Å². The number of aryl methyl sites for hydroxylation is 1. The zero-order chi connectivity index (χ0) is 15.3. The number of carbonyl (C=O) groups is 1. The fraction of sp³-hybridized carbons (Fsp3) is 0.364. The lowest BCUT2D eigenvalue weighted by Gasteiger charge is -2.04. The molecule has 0 amide bonds. The van der Waals surface area contributed by atoms with Gasteiger partial charge in [0, 0.05) is 25.1 Å². The molecular weight excluding hydrogens is 298 g/mol. The molecule has 2 heterocycles. The van der Waals surface area contributed by atoms with Crippen LogP contribution in [0.2, 0.25) is 0 Å². The monoisotopic (exact) mass is 313 g/mol. The van der Waals surface area contributed by atoms with E-state index >= 15 is 0 Å². The van der Waals surface area contributed by atoms with Gasteiger partial charge in [0.15, 0.2) is 0 Å². The summed E-state index contributed by atoms with van der Waals surface area (Å²) in [5, 5.41) is 16.4. The van der Waals surface area contributed by atoms with Gasteiger partial charge in [0.25, 0.3) is 0 Å². The number of carboxylic acid groups (broad SMARTS) is 1. The smallest absolute Gasteiger partial charge is 0.305 e. The quantitative estimate of drug-likeness (QED) is 0.680. The first-order chi connectivity index (χ1) is 9.97. The molecule has 2 rings (SSSR count). The van der Waals surface area contributed by atoms with E-state index in [1.54, 1.807) is 23.1 Å². The summed E-state index contributed by atoms with van der Waals surface area (Å²) in [4.78, 5) is 10.5. The molecule has 21 heavy (non-hydrogen) atoms. The van der Waals surface area contributed by atoms with Crippen LogP contribution < -0.4 is 4.72 Å². The van der Waals surface area contributed by atoms with Crippen molar-refractivity contribution in [3.63, 3.8) is 0 Å². The molecule has 0 saturated heterocycles. The van der Waals surface area contributed by atoms with Gasteiger partial charge in [0.2, 0.25) is 10.0 Å². The Hall–Kier alpha value is -2.20. The molecule has 10 heteroatoms. The highest BCUT2D eigenvalue weighted by molar-refractivity contribution is 7.89. The molecule has 0 unspecified atom stereocenters. The lowest BCUT2D eigenvalue weighted by molar-refractivity contribution is -0.137. The molecule has 2 N–H and O–H groups in total. The van der Waals surface area contributed by atoms with E-state index in [9.17, 15) is 13.2 Å². The van der Waals surface area contributed by atoms with Crippen molar-refractivity contribution in [3.05, 3.63) is 30.9 Å². The minimum absolute atomic E-state index is 0.00774. The van der Waals surface area contributed by atoms with E-state index in [4.69, 9.17) is 5.11 Å². The molecule has 0 saturated carbocycles. The van der Waals surface area contributed by atoms with E-state index in [-0.39, 0.29) is 24.4 Å². The summed E-state index contributed by atoms with van der Waals surface area (Å²) in [5.41, 5.74) is 0. The average Bonchev–Trinajstić information content (AvgIpc) is 3.07. The van der Waals surface area contributed by atoms with Gasteiger partial charge in [-0.2, -0.15) is 10.2 Å². The van der Waals surface area contributed by atoms with E-state index in [1.807, 2.05) is 0 Å². The Labute approximate surface area is 121 Å². The predicted molar refractivity (Wildman–Crippen MR) is 71.9 cm³/mol. The van der Waals surface area contributed by atoms with Crippen LogP contribution in [0.15, 0.2) is 35.7 Å². The van der Waals surface area contributed by atoms with Crippen LogP contribution in [0.4, 0.5) is 0 Å². The van der Waals surface area contributed by atoms with Crippen molar-refractivity contribution >= 4 is 16.0 Å². The van der Waals surface area contributed by atoms with Crippen LogP contribution >= 0.6 is 0 Å². The molecule has 2 aromatic heterocycles. The van der Waals surface area contributed by atoms with E-state index in [0.29, 0.717) is 6.54 Å². The lowest BCUT2D eigenvalue weighted by atomic mass is 10.4. The standard InChI is InChI=1S/C11H15N5O4S/c17-11(18)2-6-16-9-10(8-13-16)21(19,20)14-4-7-15-5-1-3-12-15/h1,3,5,8-9,14H,2,4,6-7H2,(H,17,18). The molecule has 114 valence electrons. The van der Waals surface area contributed by atoms with Crippen LogP contribution in [0.3, 0.4) is 0 Å². The van der Waals surface area contributed by atoms with Gasteiger partial charge in [0.05, 0.1) is 25.7 Å². The summed E-state index contributed by atoms with van der Waals surface area (Å²) >= 11 is 0. The van der Waals surface area contributed by atoms with Crippen LogP contribution in [0.5, 0.6) is 0 Å². The molecule has 0 fully saturated rings. The van der Waals surface area contributed by atoms with Gasteiger partial charge in [-0.1, -0.05) is 0 Å². The predicted octanol–water partition coefficient (Wildman–Crippen LogP) is -0.467. The Morgan fingerprint density at radius 1 is 1.29 bits per heavy atom. The van der Waals surface area contributed by atoms with Crippen molar-refractivity contribution in [2.24, 2.45) is 0 Å². The number of rotatable bonds is 8. The highest BCUT2D eigenvalue weighted by Crippen LogP contribution is 2.07. The van der Waals surface area contributed by atoms with Crippen molar-refractivity contribution in [1.82, 2.24) is 24.3 Å². The van der Waals surface area contributed by atoms with Gasteiger partial charge in [-0.3, -0.25) is 14.2 Å². The molecule has 9 nitrogen and oxygen atoms in total. The maximum absolute atomic E-state index is 12.0. The summed E-state index contributed by atoms with van der Waals surface area (Å²) in [6.45, 7) is 0.738. The van der Waals surface area contributed by atoms with E-state index in [2.05, 4.69) is 14.9 Å². The molecule has 0 aliphatic rings. The molecular formula is C11H15N5O4S. The van der Waals surface area contributed by atoms with Crippen LogP contribution in [-0.4, -0.2) is 45.6 Å². The second kappa shape index (κ2) is 6.50. The molecule has 2 aromatic rings. The van der Waals surface area contributed by atoms with Crippen LogP contribution in [0.25, 0.3) is 0 Å². The number of nitrogens with zero attached hydrogens (tertiary/aromatic N) is 4. The largest absolute Gasteiger partial charge is 0.481 e. The summed E-state index contributed by atoms with van der Waals surface area (Å²) in [5.74, 6) is -0.966. The minimum atomic E-state index is -3.65. The Kier molecular flexibility index (Phi) is 4.70. The first-order valence-corrected chi connectivity index (χ1v) is 7.67. The number of hydrogen-bond acceptors (Lipinski definition) is 5. The second-order valence-corrected chi connectivity index (χ2v) is 6.02. The maximum Gasteiger partial charge on any atom is 0.305 e. The van der Waals surface area contributed by atoms with E-state index < -0.39 is 16.0 Å². The lowest BCUT2D eigenvalue weighted by Crippen LogP contribution is -2.27. The highest BCUT2D eigenvalue weighted by atomic mass is 32.2. The highest BCUT2D eigenvalue weighted by Gasteiger charge is 2.16. The zero-order valence-corrected chi connectivity index (χ0v) is 11.9. The van der Waals surface area contributed by atoms with Crippen molar-refractivity contribution in [1.29, 1.82) is 0 Å². The Balaban J connectivity index is 1.91. The topological polar surface area (TPSA) is 119 Å². The second-order valence-electron chi connectivity index (χ2n) is 4.25. The summed E-state index contributed by atoms with van der Waals surface area (Å²) in [6.07, 6.45) is 5.73. The number of nitrogens with one attached hydrogen (secondary N) is 1. The van der Waals surface area contributed by atoms with Crippen LogP contribution in [0.1, 0.15) is 6.42 Å². The van der Waals surface area contributed by atoms with Gasteiger partial charge in [-0.25, -0.2) is 13.1 Å². The Morgan fingerprint density at radius 2 is 2.10 bits per heavy atom. The number of sulfonamides is 1.